The summed E-state index contributed by atoms with van der Waals surface area (Å²) in [6, 6.07) is 2.03. The Hall–Kier alpha value is -0.630. The number of aliphatic hydroxyl groups is 1. The largest absolute Gasteiger partial charge is 0.383 e. The molecule has 76 valence electrons. The van der Waals surface area contributed by atoms with Crippen LogP contribution in [-0.2, 0) is 9.47 Å². The SMILES string of the molecule is CCC(C#N)C(C)(O)C(OC)OC. The van der Waals surface area contributed by atoms with Gasteiger partial charge in [0.25, 0.3) is 0 Å². The van der Waals surface area contributed by atoms with E-state index in [2.05, 4.69) is 0 Å². The molecule has 2 atom stereocenters. The van der Waals surface area contributed by atoms with Crippen molar-refractivity contribution in [2.75, 3.05) is 14.2 Å². The van der Waals surface area contributed by atoms with Crippen LogP contribution in [0.4, 0.5) is 0 Å². The molecule has 0 fully saturated rings. The number of hydrogen-bond acceptors (Lipinski definition) is 4. The van der Waals surface area contributed by atoms with Crippen LogP contribution in [0.15, 0.2) is 0 Å². The lowest BCUT2D eigenvalue weighted by molar-refractivity contribution is -0.220. The van der Waals surface area contributed by atoms with Crippen LogP contribution in [0.2, 0.25) is 0 Å². The van der Waals surface area contributed by atoms with E-state index < -0.39 is 17.8 Å². The van der Waals surface area contributed by atoms with Crippen LogP contribution in [0, 0.1) is 17.2 Å². The fraction of sp³-hybridized carbons (Fsp3) is 0.889. The second-order valence-electron chi connectivity index (χ2n) is 3.12. The first-order valence-electron chi connectivity index (χ1n) is 4.22. The minimum atomic E-state index is -1.27. The third kappa shape index (κ3) is 2.66. The summed E-state index contributed by atoms with van der Waals surface area (Å²) in [5, 5.41) is 18.7. The molecular weight excluding hydrogens is 170 g/mol. The molecule has 0 amide bonds. The molecule has 0 aliphatic carbocycles. The number of nitrogens with zero attached hydrogens (tertiary/aromatic N) is 1. The molecule has 0 bridgehead atoms. The fourth-order valence-corrected chi connectivity index (χ4v) is 1.37. The van der Waals surface area contributed by atoms with E-state index in [1.54, 1.807) is 6.92 Å². The molecular formula is C9H17NO3. The van der Waals surface area contributed by atoms with Crippen molar-refractivity contribution in [2.45, 2.75) is 32.2 Å². The first kappa shape index (κ1) is 12.4. The van der Waals surface area contributed by atoms with Gasteiger partial charge in [0.1, 0.15) is 5.60 Å². The molecule has 0 aliphatic rings. The van der Waals surface area contributed by atoms with Gasteiger partial charge < -0.3 is 14.6 Å². The van der Waals surface area contributed by atoms with Gasteiger partial charge in [0.05, 0.1) is 12.0 Å². The Morgan fingerprint density at radius 3 is 2.15 bits per heavy atom. The molecule has 0 aliphatic heterocycles. The van der Waals surface area contributed by atoms with E-state index in [1.807, 2.05) is 13.0 Å². The van der Waals surface area contributed by atoms with Gasteiger partial charge in [0.15, 0.2) is 6.29 Å². The molecule has 0 radical (unpaired) electrons. The summed E-state index contributed by atoms with van der Waals surface area (Å²) >= 11 is 0. The minimum Gasteiger partial charge on any atom is -0.383 e. The van der Waals surface area contributed by atoms with Crippen LogP contribution in [0.5, 0.6) is 0 Å². The lowest BCUT2D eigenvalue weighted by Crippen LogP contribution is -2.47. The van der Waals surface area contributed by atoms with Crippen molar-refractivity contribution in [1.29, 1.82) is 5.26 Å². The third-order valence-electron chi connectivity index (χ3n) is 2.17. The highest BCUT2D eigenvalue weighted by atomic mass is 16.7. The van der Waals surface area contributed by atoms with E-state index >= 15 is 0 Å². The predicted molar refractivity (Wildman–Crippen MR) is 47.8 cm³/mol. The van der Waals surface area contributed by atoms with E-state index in [0.717, 1.165) is 0 Å². The number of ether oxygens (including phenoxy) is 2. The smallest absolute Gasteiger partial charge is 0.186 e. The molecule has 0 saturated heterocycles. The van der Waals surface area contributed by atoms with E-state index in [9.17, 15) is 5.11 Å². The topological polar surface area (TPSA) is 62.5 Å². The van der Waals surface area contributed by atoms with Crippen LogP contribution in [0.25, 0.3) is 0 Å². The Bertz CT molecular complexity index is 182. The number of hydrogen-bond donors (Lipinski definition) is 1. The van der Waals surface area contributed by atoms with Crippen molar-refractivity contribution in [1.82, 2.24) is 0 Å². The number of rotatable bonds is 5. The Morgan fingerprint density at radius 2 is 1.92 bits per heavy atom. The summed E-state index contributed by atoms with van der Waals surface area (Å²) < 4.78 is 9.85. The number of nitriles is 1. The molecule has 0 heterocycles. The highest BCUT2D eigenvalue weighted by Gasteiger charge is 2.39. The molecule has 0 aromatic heterocycles. The summed E-state index contributed by atoms with van der Waals surface area (Å²) in [5.41, 5.74) is -1.27. The number of methoxy groups -OCH3 is 2. The summed E-state index contributed by atoms with van der Waals surface area (Å²) in [7, 11) is 2.87. The molecule has 0 aromatic carbocycles. The maximum absolute atomic E-state index is 9.96. The predicted octanol–water partition coefficient (Wildman–Crippen LogP) is 0.906. The van der Waals surface area contributed by atoms with Gasteiger partial charge in [-0.05, 0) is 13.3 Å². The Kier molecular flexibility index (Phi) is 4.92. The summed E-state index contributed by atoms with van der Waals surface area (Å²) in [6.07, 6.45) is -0.204. The van der Waals surface area contributed by atoms with Crippen LogP contribution >= 0.6 is 0 Å². The second-order valence-corrected chi connectivity index (χ2v) is 3.12. The maximum Gasteiger partial charge on any atom is 0.186 e. The van der Waals surface area contributed by atoms with Gasteiger partial charge >= 0.3 is 0 Å². The highest BCUT2D eigenvalue weighted by molar-refractivity contribution is 4.97. The Labute approximate surface area is 79.1 Å². The zero-order valence-corrected chi connectivity index (χ0v) is 8.57. The van der Waals surface area contributed by atoms with Crippen LogP contribution in [0.1, 0.15) is 20.3 Å². The van der Waals surface area contributed by atoms with Gasteiger partial charge in [-0.3, -0.25) is 0 Å². The summed E-state index contributed by atoms with van der Waals surface area (Å²) in [5.74, 6) is -0.489. The molecule has 0 rings (SSSR count). The van der Waals surface area contributed by atoms with Crippen molar-refractivity contribution >= 4 is 0 Å². The average Bonchev–Trinajstić information content (AvgIpc) is 2.07. The van der Waals surface area contributed by atoms with Crippen molar-refractivity contribution < 1.29 is 14.6 Å². The van der Waals surface area contributed by atoms with Gasteiger partial charge in [0, 0.05) is 14.2 Å². The van der Waals surface area contributed by atoms with Gasteiger partial charge in [-0.1, -0.05) is 6.92 Å². The fourth-order valence-electron chi connectivity index (χ4n) is 1.37. The molecule has 1 N–H and O–H groups in total. The summed E-state index contributed by atoms with van der Waals surface area (Å²) in [4.78, 5) is 0. The van der Waals surface area contributed by atoms with E-state index in [0.29, 0.717) is 6.42 Å². The van der Waals surface area contributed by atoms with Gasteiger partial charge in [-0.2, -0.15) is 5.26 Å². The Balaban J connectivity index is 4.60. The first-order chi connectivity index (χ1) is 6.04. The van der Waals surface area contributed by atoms with Crippen LogP contribution in [-0.4, -0.2) is 31.2 Å². The minimum absolute atomic E-state index is 0.489. The molecule has 4 nitrogen and oxygen atoms in total. The third-order valence-corrected chi connectivity index (χ3v) is 2.17. The molecule has 0 saturated carbocycles. The molecule has 0 aromatic rings. The normalized spacial score (nSPS) is 17.9. The van der Waals surface area contributed by atoms with E-state index in [-0.39, 0.29) is 0 Å². The van der Waals surface area contributed by atoms with Crippen molar-refractivity contribution in [2.24, 2.45) is 5.92 Å². The van der Waals surface area contributed by atoms with E-state index in [4.69, 9.17) is 14.7 Å². The molecule has 0 spiro atoms. The van der Waals surface area contributed by atoms with Crippen LogP contribution in [0.3, 0.4) is 0 Å². The first-order valence-corrected chi connectivity index (χ1v) is 4.22. The zero-order chi connectivity index (χ0) is 10.5. The molecule has 13 heavy (non-hydrogen) atoms. The highest BCUT2D eigenvalue weighted by Crippen LogP contribution is 2.25. The lowest BCUT2D eigenvalue weighted by atomic mass is 9.87. The molecule has 2 unspecified atom stereocenters. The van der Waals surface area contributed by atoms with Crippen LogP contribution < -0.4 is 0 Å². The monoisotopic (exact) mass is 187 g/mol. The van der Waals surface area contributed by atoms with Gasteiger partial charge in [0.2, 0.25) is 0 Å². The van der Waals surface area contributed by atoms with Gasteiger partial charge in [-0.25, -0.2) is 0 Å². The molecule has 4 heteroatoms. The van der Waals surface area contributed by atoms with Crippen molar-refractivity contribution in [3.05, 3.63) is 0 Å². The summed E-state index contributed by atoms with van der Waals surface area (Å²) in [6.45, 7) is 3.38. The van der Waals surface area contributed by atoms with Crippen molar-refractivity contribution in [3.63, 3.8) is 0 Å². The van der Waals surface area contributed by atoms with E-state index in [1.165, 1.54) is 14.2 Å². The average molecular weight is 187 g/mol. The van der Waals surface area contributed by atoms with Crippen molar-refractivity contribution in [3.8, 4) is 6.07 Å². The maximum atomic E-state index is 9.96. The standard InChI is InChI=1S/C9H17NO3/c1-5-7(6-10)9(2,11)8(12-3)13-4/h7-8,11H,5H2,1-4H3. The van der Waals surface area contributed by atoms with Gasteiger partial charge in [-0.15, -0.1) is 0 Å². The quantitative estimate of drug-likeness (QED) is 0.650. The lowest BCUT2D eigenvalue weighted by Gasteiger charge is -2.33. The second kappa shape index (κ2) is 5.18. The Morgan fingerprint density at radius 1 is 1.46 bits per heavy atom. The zero-order valence-electron chi connectivity index (χ0n) is 8.57.